The van der Waals surface area contributed by atoms with Crippen molar-refractivity contribution in [2.75, 3.05) is 14.1 Å². The summed E-state index contributed by atoms with van der Waals surface area (Å²) >= 11 is 0. The molecule has 0 radical (unpaired) electrons. The van der Waals surface area contributed by atoms with Crippen LogP contribution in [-0.2, 0) is 14.8 Å². The summed E-state index contributed by atoms with van der Waals surface area (Å²) < 4.78 is 25.4. The number of rotatable bonds is 5. The lowest BCUT2D eigenvalue weighted by Crippen LogP contribution is -2.46. The van der Waals surface area contributed by atoms with Crippen molar-refractivity contribution >= 4 is 15.9 Å². The van der Waals surface area contributed by atoms with Gasteiger partial charge in [-0.2, -0.15) is 5.26 Å². The molecule has 0 saturated heterocycles. The van der Waals surface area contributed by atoms with E-state index in [2.05, 4.69) is 4.72 Å². The van der Waals surface area contributed by atoms with Crippen LogP contribution in [0.2, 0.25) is 0 Å². The molecule has 6 nitrogen and oxygen atoms in total. The highest BCUT2D eigenvalue weighted by atomic mass is 32.2. The Labute approximate surface area is 96.3 Å². The molecule has 2 atom stereocenters. The fourth-order valence-electron chi connectivity index (χ4n) is 1.15. The second kappa shape index (κ2) is 5.82. The molecule has 2 unspecified atom stereocenters. The molecule has 0 aliphatic rings. The van der Waals surface area contributed by atoms with E-state index in [0.717, 1.165) is 0 Å². The lowest BCUT2D eigenvalue weighted by atomic mass is 10.3. The molecule has 0 rings (SSSR count). The summed E-state index contributed by atoms with van der Waals surface area (Å²) in [7, 11) is -0.686. The van der Waals surface area contributed by atoms with Gasteiger partial charge < -0.3 is 4.90 Å². The van der Waals surface area contributed by atoms with E-state index in [9.17, 15) is 13.2 Å². The Kier molecular flexibility index (Phi) is 5.41. The van der Waals surface area contributed by atoms with E-state index in [1.54, 1.807) is 13.0 Å². The van der Waals surface area contributed by atoms with Crippen LogP contribution in [-0.4, -0.2) is 44.6 Å². The molecule has 92 valence electrons. The molecule has 16 heavy (non-hydrogen) atoms. The molecule has 0 aliphatic heterocycles. The number of nitrogens with zero attached hydrogens (tertiary/aromatic N) is 2. The number of hydrogen-bond acceptors (Lipinski definition) is 4. The van der Waals surface area contributed by atoms with Gasteiger partial charge in [-0.05, 0) is 13.3 Å². The van der Waals surface area contributed by atoms with Crippen molar-refractivity contribution in [1.82, 2.24) is 9.62 Å². The predicted octanol–water partition coefficient (Wildman–Crippen LogP) is -0.315. The average Bonchev–Trinajstić information content (AvgIpc) is 2.16. The van der Waals surface area contributed by atoms with Crippen molar-refractivity contribution in [3.63, 3.8) is 0 Å². The summed E-state index contributed by atoms with van der Waals surface area (Å²) in [6.45, 7) is 3.05. The number of likely N-dealkylation sites (N-methyl/N-ethyl adjacent to an activating group) is 1. The van der Waals surface area contributed by atoms with Gasteiger partial charge in [0.15, 0.2) is 5.25 Å². The van der Waals surface area contributed by atoms with Crippen LogP contribution in [0.15, 0.2) is 0 Å². The van der Waals surface area contributed by atoms with Gasteiger partial charge in [0.1, 0.15) is 0 Å². The fraction of sp³-hybridized carbons (Fsp3) is 0.778. The maximum absolute atomic E-state index is 11.6. The van der Waals surface area contributed by atoms with Gasteiger partial charge in [0.2, 0.25) is 15.9 Å². The van der Waals surface area contributed by atoms with Crippen molar-refractivity contribution in [2.45, 2.75) is 31.6 Å². The smallest absolute Gasteiger partial charge is 0.239 e. The molecule has 0 aromatic carbocycles. The summed E-state index contributed by atoms with van der Waals surface area (Å²) in [5.41, 5.74) is 0. The van der Waals surface area contributed by atoms with Gasteiger partial charge in [-0.25, -0.2) is 13.1 Å². The maximum Gasteiger partial charge on any atom is 0.239 e. The van der Waals surface area contributed by atoms with E-state index in [4.69, 9.17) is 5.26 Å². The number of carbonyl (C=O) groups is 1. The van der Waals surface area contributed by atoms with Crippen LogP contribution in [0.4, 0.5) is 0 Å². The normalized spacial score (nSPS) is 14.9. The minimum absolute atomic E-state index is 0.189. The van der Waals surface area contributed by atoms with Crippen LogP contribution < -0.4 is 4.72 Å². The molecular weight excluding hydrogens is 230 g/mol. The average molecular weight is 247 g/mol. The molecule has 0 aliphatic carbocycles. The second-order valence-electron chi connectivity index (χ2n) is 3.64. The summed E-state index contributed by atoms with van der Waals surface area (Å²) in [6, 6.07) is 0.831. The quantitative estimate of drug-likeness (QED) is 0.721. The van der Waals surface area contributed by atoms with Crippen LogP contribution >= 0.6 is 0 Å². The van der Waals surface area contributed by atoms with Gasteiger partial charge in [0.05, 0.1) is 12.1 Å². The van der Waals surface area contributed by atoms with Gasteiger partial charge in [-0.1, -0.05) is 6.92 Å². The van der Waals surface area contributed by atoms with E-state index in [1.165, 1.54) is 25.9 Å². The summed E-state index contributed by atoms with van der Waals surface area (Å²) in [5.74, 6) is -0.351. The summed E-state index contributed by atoms with van der Waals surface area (Å²) in [5, 5.41) is 7.54. The molecule has 7 heteroatoms. The van der Waals surface area contributed by atoms with Crippen LogP contribution in [0.3, 0.4) is 0 Å². The maximum atomic E-state index is 11.6. The van der Waals surface area contributed by atoms with Crippen molar-refractivity contribution in [3.05, 3.63) is 0 Å². The third kappa shape index (κ3) is 3.79. The zero-order valence-electron chi connectivity index (χ0n) is 9.89. The van der Waals surface area contributed by atoms with Crippen molar-refractivity contribution in [2.24, 2.45) is 0 Å². The third-order valence-corrected chi connectivity index (χ3v) is 3.91. The Morgan fingerprint density at radius 3 is 2.31 bits per heavy atom. The first-order valence-corrected chi connectivity index (χ1v) is 6.42. The van der Waals surface area contributed by atoms with E-state index >= 15 is 0 Å². The van der Waals surface area contributed by atoms with Crippen molar-refractivity contribution in [3.8, 4) is 6.07 Å². The molecule has 0 bridgehead atoms. The van der Waals surface area contributed by atoms with Crippen LogP contribution in [0.5, 0.6) is 0 Å². The number of hydrogen-bond donors (Lipinski definition) is 1. The number of amides is 1. The van der Waals surface area contributed by atoms with Gasteiger partial charge in [0.25, 0.3) is 0 Å². The molecule has 0 aromatic heterocycles. The monoisotopic (exact) mass is 247 g/mol. The van der Waals surface area contributed by atoms with Gasteiger partial charge in [-0.15, -0.1) is 0 Å². The lowest BCUT2D eigenvalue weighted by Gasteiger charge is -2.19. The minimum Gasteiger partial charge on any atom is -0.347 e. The van der Waals surface area contributed by atoms with E-state index in [-0.39, 0.29) is 12.3 Å². The zero-order valence-corrected chi connectivity index (χ0v) is 10.7. The van der Waals surface area contributed by atoms with Gasteiger partial charge in [-0.3, -0.25) is 4.79 Å². The first-order valence-electron chi connectivity index (χ1n) is 4.88. The van der Waals surface area contributed by atoms with Crippen LogP contribution in [0, 0.1) is 11.3 Å². The number of nitriles is 1. The highest BCUT2D eigenvalue weighted by molar-refractivity contribution is 7.90. The fourth-order valence-corrected chi connectivity index (χ4v) is 2.48. The lowest BCUT2D eigenvalue weighted by molar-refractivity contribution is -0.130. The highest BCUT2D eigenvalue weighted by Crippen LogP contribution is 2.04. The Hall–Kier alpha value is -1.13. The molecule has 0 saturated carbocycles. The molecule has 0 heterocycles. The Bertz CT molecular complexity index is 383. The van der Waals surface area contributed by atoms with Crippen LogP contribution in [0.1, 0.15) is 20.3 Å². The zero-order chi connectivity index (χ0) is 12.9. The van der Waals surface area contributed by atoms with Crippen molar-refractivity contribution in [1.29, 1.82) is 5.26 Å². The molecule has 0 fully saturated rings. The molecule has 1 N–H and O–H groups in total. The second-order valence-corrected chi connectivity index (χ2v) is 5.54. The van der Waals surface area contributed by atoms with Crippen LogP contribution in [0.25, 0.3) is 0 Å². The highest BCUT2D eigenvalue weighted by Gasteiger charge is 2.28. The predicted molar refractivity (Wildman–Crippen MR) is 59.9 cm³/mol. The summed E-state index contributed by atoms with van der Waals surface area (Å²) in [6.07, 6.45) is 0.189. The minimum atomic E-state index is -3.76. The first-order chi connectivity index (χ1) is 7.26. The molecular formula is C9H17N3O3S. The topological polar surface area (TPSA) is 90.3 Å². The largest absolute Gasteiger partial charge is 0.347 e. The number of carbonyl (C=O) groups excluding carboxylic acids is 1. The number of nitrogens with one attached hydrogen (secondary N) is 1. The third-order valence-electron chi connectivity index (χ3n) is 2.04. The first kappa shape index (κ1) is 14.9. The van der Waals surface area contributed by atoms with Gasteiger partial charge in [0, 0.05) is 14.1 Å². The molecule has 0 aromatic rings. The molecule has 1 amide bonds. The van der Waals surface area contributed by atoms with Crippen molar-refractivity contribution < 1.29 is 13.2 Å². The van der Waals surface area contributed by atoms with E-state index in [1.807, 2.05) is 0 Å². The SMILES string of the molecule is CCC(C#N)S(=O)(=O)NC(C)C(=O)N(C)C. The Morgan fingerprint density at radius 2 is 2.00 bits per heavy atom. The summed E-state index contributed by atoms with van der Waals surface area (Å²) in [4.78, 5) is 12.7. The van der Waals surface area contributed by atoms with E-state index < -0.39 is 21.3 Å². The van der Waals surface area contributed by atoms with Gasteiger partial charge >= 0.3 is 0 Å². The standard InChI is InChI=1S/C9H17N3O3S/c1-5-8(6-10)16(14,15)11-7(2)9(13)12(3)4/h7-8,11H,5H2,1-4H3. The molecule has 0 spiro atoms. The Morgan fingerprint density at radius 1 is 1.50 bits per heavy atom. The Balaban J connectivity index is 4.74. The number of sulfonamides is 1. The van der Waals surface area contributed by atoms with E-state index in [0.29, 0.717) is 0 Å².